The molecule has 0 saturated carbocycles. The van der Waals surface area contributed by atoms with Crippen molar-refractivity contribution in [3.05, 3.63) is 46.2 Å². The van der Waals surface area contributed by atoms with Gasteiger partial charge in [-0.25, -0.2) is 8.42 Å². The summed E-state index contributed by atoms with van der Waals surface area (Å²) in [5.74, 6) is -0.130. The van der Waals surface area contributed by atoms with Crippen molar-refractivity contribution in [2.24, 2.45) is 0 Å². The number of anilines is 1. The van der Waals surface area contributed by atoms with Gasteiger partial charge in [-0.3, -0.25) is 9.69 Å². The molecule has 5 nitrogen and oxygen atoms in total. The molecule has 1 aromatic heterocycles. The van der Waals surface area contributed by atoms with Crippen molar-refractivity contribution < 1.29 is 13.2 Å². The Morgan fingerprint density at radius 1 is 1.35 bits per heavy atom. The zero-order valence-corrected chi connectivity index (χ0v) is 14.4. The maximum absolute atomic E-state index is 12.2. The number of hydrogen-bond acceptors (Lipinski definition) is 5. The van der Waals surface area contributed by atoms with Gasteiger partial charge in [0.05, 0.1) is 11.4 Å². The van der Waals surface area contributed by atoms with E-state index in [4.69, 9.17) is 0 Å². The van der Waals surface area contributed by atoms with Gasteiger partial charge in [-0.2, -0.15) is 0 Å². The van der Waals surface area contributed by atoms with Crippen LogP contribution < -0.4 is 5.32 Å². The molecule has 0 radical (unpaired) electrons. The summed E-state index contributed by atoms with van der Waals surface area (Å²) < 4.78 is 23.1. The summed E-state index contributed by atoms with van der Waals surface area (Å²) in [6, 6.07) is 8.44. The molecule has 122 valence electrons. The zero-order chi connectivity index (χ0) is 16.4. The SMILES string of the molecule is CS(=O)(=O)c1cccc(NC(=O)CN2CCc3sccc3C2)c1. The molecule has 0 spiro atoms. The van der Waals surface area contributed by atoms with E-state index in [1.165, 1.54) is 22.6 Å². The largest absolute Gasteiger partial charge is 0.325 e. The van der Waals surface area contributed by atoms with Gasteiger partial charge >= 0.3 is 0 Å². The van der Waals surface area contributed by atoms with Gasteiger partial charge in [0.1, 0.15) is 0 Å². The van der Waals surface area contributed by atoms with E-state index in [9.17, 15) is 13.2 Å². The molecule has 3 rings (SSSR count). The molecule has 2 aromatic rings. The number of hydrogen-bond donors (Lipinski definition) is 1. The first-order valence-corrected chi connectivity index (χ1v) is 10.1. The normalized spacial score (nSPS) is 15.2. The number of amides is 1. The van der Waals surface area contributed by atoms with E-state index in [1.54, 1.807) is 23.5 Å². The highest BCUT2D eigenvalue weighted by atomic mass is 32.2. The molecule has 0 fully saturated rings. The highest BCUT2D eigenvalue weighted by Gasteiger charge is 2.19. The Morgan fingerprint density at radius 3 is 2.96 bits per heavy atom. The first kappa shape index (κ1) is 16.2. The number of thiophene rings is 1. The molecule has 0 unspecified atom stereocenters. The lowest BCUT2D eigenvalue weighted by Crippen LogP contribution is -2.36. The van der Waals surface area contributed by atoms with Gasteiger partial charge in [-0.15, -0.1) is 11.3 Å². The number of benzene rings is 1. The van der Waals surface area contributed by atoms with Crippen LogP contribution in [0.1, 0.15) is 10.4 Å². The van der Waals surface area contributed by atoms with E-state index in [0.29, 0.717) is 12.2 Å². The molecule has 2 heterocycles. The van der Waals surface area contributed by atoms with E-state index in [0.717, 1.165) is 25.8 Å². The van der Waals surface area contributed by atoms with Gasteiger partial charge in [-0.1, -0.05) is 6.07 Å². The Hall–Kier alpha value is -1.70. The van der Waals surface area contributed by atoms with Crippen LogP contribution in [-0.4, -0.2) is 38.6 Å². The van der Waals surface area contributed by atoms with Crippen molar-refractivity contribution >= 4 is 32.8 Å². The number of nitrogens with zero attached hydrogens (tertiary/aromatic N) is 1. The van der Waals surface area contributed by atoms with Crippen molar-refractivity contribution in [3.63, 3.8) is 0 Å². The predicted octanol–water partition coefficient (Wildman–Crippen LogP) is 2.15. The second-order valence-electron chi connectivity index (χ2n) is 5.68. The lowest BCUT2D eigenvalue weighted by Gasteiger charge is -2.26. The minimum Gasteiger partial charge on any atom is -0.325 e. The average molecular weight is 350 g/mol. The standard InChI is InChI=1S/C16H18N2O3S2/c1-23(20,21)14-4-2-3-13(9-14)17-16(19)11-18-7-5-15-12(10-18)6-8-22-15/h2-4,6,8-9H,5,7,10-11H2,1H3,(H,17,19). The van der Waals surface area contributed by atoms with Crippen molar-refractivity contribution in [1.82, 2.24) is 4.90 Å². The maximum atomic E-state index is 12.2. The Morgan fingerprint density at radius 2 is 2.17 bits per heavy atom. The number of carbonyl (C=O) groups is 1. The quantitative estimate of drug-likeness (QED) is 0.917. The third kappa shape index (κ3) is 3.99. The van der Waals surface area contributed by atoms with E-state index >= 15 is 0 Å². The van der Waals surface area contributed by atoms with E-state index in [2.05, 4.69) is 21.7 Å². The third-order valence-corrected chi connectivity index (χ3v) is 5.93. The summed E-state index contributed by atoms with van der Waals surface area (Å²) in [5, 5.41) is 4.87. The predicted molar refractivity (Wildman–Crippen MR) is 91.5 cm³/mol. The molecule has 0 saturated heterocycles. The summed E-state index contributed by atoms with van der Waals surface area (Å²) in [5.41, 5.74) is 1.80. The van der Waals surface area contributed by atoms with Crippen LogP contribution in [0, 0.1) is 0 Å². The Balaban J connectivity index is 1.62. The van der Waals surface area contributed by atoms with Crippen molar-refractivity contribution in [3.8, 4) is 0 Å². The number of rotatable bonds is 4. The molecule has 1 aliphatic heterocycles. The lowest BCUT2D eigenvalue weighted by atomic mass is 10.1. The molecule has 1 amide bonds. The van der Waals surface area contributed by atoms with Gasteiger partial charge in [0.2, 0.25) is 5.91 Å². The van der Waals surface area contributed by atoms with Crippen molar-refractivity contribution in [1.29, 1.82) is 0 Å². The van der Waals surface area contributed by atoms with Gasteiger partial charge in [0.25, 0.3) is 0 Å². The second-order valence-corrected chi connectivity index (χ2v) is 8.69. The Labute approximate surface area is 139 Å². The molecule has 0 atom stereocenters. The molecular weight excluding hydrogens is 332 g/mol. The maximum Gasteiger partial charge on any atom is 0.238 e. The average Bonchev–Trinajstić information content (AvgIpc) is 2.94. The van der Waals surface area contributed by atoms with Gasteiger partial charge in [-0.05, 0) is 41.6 Å². The van der Waals surface area contributed by atoms with E-state index in [1.807, 2.05) is 0 Å². The number of sulfone groups is 1. The highest BCUT2D eigenvalue weighted by Crippen LogP contribution is 2.23. The molecule has 7 heteroatoms. The number of carbonyl (C=O) groups excluding carboxylic acids is 1. The Bertz CT molecular complexity index is 827. The molecule has 1 aliphatic rings. The second kappa shape index (κ2) is 6.43. The summed E-state index contributed by atoms with van der Waals surface area (Å²) in [4.78, 5) is 15.9. The first-order chi connectivity index (χ1) is 10.9. The molecule has 0 aliphatic carbocycles. The van der Waals surface area contributed by atoms with Crippen molar-refractivity contribution in [2.45, 2.75) is 17.9 Å². The van der Waals surface area contributed by atoms with Crippen LogP contribution in [-0.2, 0) is 27.6 Å². The minimum absolute atomic E-state index is 0.130. The van der Waals surface area contributed by atoms with Crippen LogP contribution in [0.3, 0.4) is 0 Å². The van der Waals surface area contributed by atoms with Gasteiger partial charge < -0.3 is 5.32 Å². The summed E-state index contributed by atoms with van der Waals surface area (Å²) in [6.45, 7) is 1.96. The highest BCUT2D eigenvalue weighted by molar-refractivity contribution is 7.90. The van der Waals surface area contributed by atoms with E-state index < -0.39 is 9.84 Å². The van der Waals surface area contributed by atoms with Crippen LogP contribution in [0.15, 0.2) is 40.6 Å². The van der Waals surface area contributed by atoms with Crippen LogP contribution in [0.5, 0.6) is 0 Å². The zero-order valence-electron chi connectivity index (χ0n) is 12.8. The van der Waals surface area contributed by atoms with Crippen LogP contribution in [0.25, 0.3) is 0 Å². The smallest absolute Gasteiger partial charge is 0.238 e. The summed E-state index contributed by atoms with van der Waals surface area (Å²) >= 11 is 1.77. The van der Waals surface area contributed by atoms with E-state index in [-0.39, 0.29) is 10.8 Å². The van der Waals surface area contributed by atoms with Gasteiger partial charge in [0.15, 0.2) is 9.84 Å². The lowest BCUT2D eigenvalue weighted by molar-refractivity contribution is -0.117. The molecule has 0 bridgehead atoms. The van der Waals surface area contributed by atoms with Gasteiger partial charge in [0, 0.05) is 29.9 Å². The molecule has 23 heavy (non-hydrogen) atoms. The molecule has 1 aromatic carbocycles. The summed E-state index contributed by atoms with van der Waals surface area (Å²) in [6.07, 6.45) is 2.13. The molecule has 1 N–H and O–H groups in total. The monoisotopic (exact) mass is 350 g/mol. The van der Waals surface area contributed by atoms with Crippen molar-refractivity contribution in [2.75, 3.05) is 24.7 Å². The third-order valence-electron chi connectivity index (χ3n) is 3.80. The number of fused-ring (bicyclic) bond motifs is 1. The van der Waals surface area contributed by atoms with Crippen LogP contribution in [0.2, 0.25) is 0 Å². The molecular formula is C16H18N2O3S2. The topological polar surface area (TPSA) is 66.5 Å². The fourth-order valence-electron chi connectivity index (χ4n) is 2.65. The Kier molecular flexibility index (Phi) is 4.52. The fraction of sp³-hybridized carbons (Fsp3) is 0.312. The number of nitrogens with one attached hydrogen (secondary N) is 1. The summed E-state index contributed by atoms with van der Waals surface area (Å²) in [7, 11) is -3.28. The fourth-order valence-corrected chi connectivity index (χ4v) is 4.21. The van der Waals surface area contributed by atoms with Crippen LogP contribution >= 0.6 is 11.3 Å². The first-order valence-electron chi connectivity index (χ1n) is 7.29. The minimum atomic E-state index is -3.28. The van der Waals surface area contributed by atoms with Crippen LogP contribution in [0.4, 0.5) is 5.69 Å².